The molecule has 0 spiro atoms. The molecular formula is C18H24N4O3. The Morgan fingerprint density at radius 3 is 2.76 bits per heavy atom. The van der Waals surface area contributed by atoms with Gasteiger partial charge < -0.3 is 4.74 Å². The molecule has 7 heteroatoms. The molecular weight excluding hydrogens is 320 g/mol. The fourth-order valence-electron chi connectivity index (χ4n) is 2.97. The fourth-order valence-corrected chi connectivity index (χ4v) is 2.97. The lowest BCUT2D eigenvalue weighted by atomic mass is 10.0. The van der Waals surface area contributed by atoms with E-state index in [1.807, 2.05) is 39.8 Å². The Morgan fingerprint density at radius 2 is 2.12 bits per heavy atom. The summed E-state index contributed by atoms with van der Waals surface area (Å²) in [5.74, 6) is 0.266. The van der Waals surface area contributed by atoms with E-state index in [-0.39, 0.29) is 11.7 Å². The molecule has 0 radical (unpaired) electrons. The zero-order valence-corrected chi connectivity index (χ0v) is 15.2. The summed E-state index contributed by atoms with van der Waals surface area (Å²) in [4.78, 5) is 29.6. The number of esters is 1. The topological polar surface area (TPSA) is 79.0 Å². The molecule has 25 heavy (non-hydrogen) atoms. The standard InChI is InChI=1S/C18H24N4O3/c1-12-8-9-13(19-10-12)11-21-17(24)22-14(6-5-7-15(22)20-21)16(23)25-18(2,3)4/h8-10,14H,5-7,11H2,1-4H3/t14-/m0/s1. The third-order valence-electron chi connectivity index (χ3n) is 4.09. The van der Waals surface area contributed by atoms with Gasteiger partial charge in [-0.05, 0) is 52.2 Å². The van der Waals surface area contributed by atoms with Crippen molar-refractivity contribution in [3.8, 4) is 0 Å². The van der Waals surface area contributed by atoms with Crippen molar-refractivity contribution in [2.75, 3.05) is 0 Å². The minimum absolute atomic E-state index is 0.284. The molecule has 1 aliphatic rings. The highest BCUT2D eigenvalue weighted by Gasteiger charge is 2.33. The number of pyridine rings is 1. The summed E-state index contributed by atoms with van der Waals surface area (Å²) in [6.07, 6.45) is 3.85. The number of carbonyl (C=O) groups is 1. The third-order valence-corrected chi connectivity index (χ3v) is 4.09. The smallest absolute Gasteiger partial charge is 0.347 e. The average Bonchev–Trinajstić information content (AvgIpc) is 2.84. The van der Waals surface area contributed by atoms with Crippen molar-refractivity contribution in [1.82, 2.24) is 19.3 Å². The number of rotatable bonds is 3. The van der Waals surface area contributed by atoms with Gasteiger partial charge in [0.25, 0.3) is 0 Å². The molecule has 0 aliphatic carbocycles. The summed E-state index contributed by atoms with van der Waals surface area (Å²) in [5.41, 5.74) is 0.954. The molecule has 0 N–H and O–H groups in total. The average molecular weight is 344 g/mol. The summed E-state index contributed by atoms with van der Waals surface area (Å²) in [5, 5.41) is 4.42. The Hall–Kier alpha value is -2.44. The van der Waals surface area contributed by atoms with Crippen LogP contribution in [-0.2, 0) is 22.5 Å². The lowest BCUT2D eigenvalue weighted by Gasteiger charge is -2.26. The van der Waals surface area contributed by atoms with Gasteiger partial charge in [0.2, 0.25) is 0 Å². The molecule has 2 aromatic heterocycles. The van der Waals surface area contributed by atoms with Crippen molar-refractivity contribution in [2.24, 2.45) is 0 Å². The molecule has 134 valence electrons. The second-order valence-corrected chi connectivity index (χ2v) is 7.49. The van der Waals surface area contributed by atoms with Crippen molar-refractivity contribution in [3.63, 3.8) is 0 Å². The predicted molar refractivity (Wildman–Crippen MR) is 92.4 cm³/mol. The number of aryl methyl sites for hydroxylation is 2. The first-order valence-corrected chi connectivity index (χ1v) is 8.57. The van der Waals surface area contributed by atoms with E-state index in [0.717, 1.165) is 17.7 Å². The van der Waals surface area contributed by atoms with Crippen LogP contribution in [0.2, 0.25) is 0 Å². The Morgan fingerprint density at radius 1 is 1.36 bits per heavy atom. The molecule has 7 nitrogen and oxygen atoms in total. The van der Waals surface area contributed by atoms with E-state index >= 15 is 0 Å². The zero-order valence-electron chi connectivity index (χ0n) is 15.2. The third kappa shape index (κ3) is 3.81. The van der Waals surface area contributed by atoms with Gasteiger partial charge in [-0.2, -0.15) is 5.10 Å². The molecule has 0 saturated heterocycles. The number of hydrogen-bond donors (Lipinski definition) is 0. The summed E-state index contributed by atoms with van der Waals surface area (Å²) < 4.78 is 8.36. The van der Waals surface area contributed by atoms with Crippen LogP contribution in [-0.4, -0.2) is 30.9 Å². The van der Waals surface area contributed by atoms with E-state index in [9.17, 15) is 9.59 Å². The van der Waals surface area contributed by atoms with Crippen molar-refractivity contribution < 1.29 is 9.53 Å². The monoisotopic (exact) mass is 344 g/mol. The Kier molecular flexibility index (Phi) is 4.49. The van der Waals surface area contributed by atoms with Crippen LogP contribution in [0.4, 0.5) is 0 Å². The van der Waals surface area contributed by atoms with E-state index in [4.69, 9.17) is 4.74 Å². The fraction of sp³-hybridized carbons (Fsp3) is 0.556. The van der Waals surface area contributed by atoms with E-state index in [1.165, 1.54) is 9.25 Å². The van der Waals surface area contributed by atoms with Crippen LogP contribution in [0.3, 0.4) is 0 Å². The maximum Gasteiger partial charge on any atom is 0.347 e. The number of carbonyl (C=O) groups excluding carboxylic acids is 1. The molecule has 0 aromatic carbocycles. The molecule has 3 rings (SSSR count). The predicted octanol–water partition coefficient (Wildman–Crippen LogP) is 2.02. The number of aromatic nitrogens is 4. The molecule has 1 aliphatic heterocycles. The summed E-state index contributed by atoms with van der Waals surface area (Å²) in [6.45, 7) is 7.72. The number of hydrogen-bond acceptors (Lipinski definition) is 5. The zero-order chi connectivity index (χ0) is 18.2. The van der Waals surface area contributed by atoms with Crippen molar-refractivity contribution in [2.45, 2.75) is 65.1 Å². The first-order valence-electron chi connectivity index (χ1n) is 8.57. The Labute approximate surface area is 146 Å². The van der Waals surface area contributed by atoms with Crippen LogP contribution in [0.15, 0.2) is 23.1 Å². The highest BCUT2D eigenvalue weighted by Crippen LogP contribution is 2.25. The van der Waals surface area contributed by atoms with Crippen LogP contribution >= 0.6 is 0 Å². The first-order chi connectivity index (χ1) is 11.7. The quantitative estimate of drug-likeness (QED) is 0.796. The molecule has 1 atom stereocenters. The van der Waals surface area contributed by atoms with Crippen LogP contribution in [0.1, 0.15) is 56.7 Å². The van der Waals surface area contributed by atoms with Crippen molar-refractivity contribution in [3.05, 3.63) is 45.9 Å². The number of fused-ring (bicyclic) bond motifs is 1. The van der Waals surface area contributed by atoms with Gasteiger partial charge in [0, 0.05) is 12.6 Å². The second-order valence-electron chi connectivity index (χ2n) is 7.49. The van der Waals surface area contributed by atoms with Gasteiger partial charge >= 0.3 is 11.7 Å². The van der Waals surface area contributed by atoms with Gasteiger partial charge in [0.05, 0.1) is 12.2 Å². The molecule has 0 unspecified atom stereocenters. The van der Waals surface area contributed by atoms with Crippen LogP contribution in [0, 0.1) is 6.92 Å². The lowest BCUT2D eigenvalue weighted by Crippen LogP contribution is -2.38. The van der Waals surface area contributed by atoms with E-state index in [1.54, 1.807) is 6.20 Å². The summed E-state index contributed by atoms with van der Waals surface area (Å²) in [6, 6.07) is 3.23. The molecule has 2 aromatic rings. The Bertz CT molecular complexity index is 827. The van der Waals surface area contributed by atoms with Gasteiger partial charge in [-0.25, -0.2) is 14.3 Å². The molecule has 0 saturated carbocycles. The highest BCUT2D eigenvalue weighted by molar-refractivity contribution is 5.74. The van der Waals surface area contributed by atoms with Crippen molar-refractivity contribution >= 4 is 5.97 Å². The van der Waals surface area contributed by atoms with Gasteiger partial charge in [-0.15, -0.1) is 0 Å². The molecule has 0 bridgehead atoms. The normalized spacial score (nSPS) is 17.2. The summed E-state index contributed by atoms with van der Waals surface area (Å²) >= 11 is 0. The minimum atomic E-state index is -0.602. The van der Waals surface area contributed by atoms with Crippen LogP contribution in [0.5, 0.6) is 0 Å². The van der Waals surface area contributed by atoms with E-state index in [0.29, 0.717) is 25.2 Å². The van der Waals surface area contributed by atoms with Gasteiger partial charge in [-0.3, -0.25) is 9.55 Å². The van der Waals surface area contributed by atoms with Gasteiger partial charge in [0.1, 0.15) is 17.5 Å². The van der Waals surface area contributed by atoms with Crippen molar-refractivity contribution in [1.29, 1.82) is 0 Å². The SMILES string of the molecule is Cc1ccc(Cn2nc3n(c2=O)[C@H](C(=O)OC(C)(C)C)CCC3)nc1. The highest BCUT2D eigenvalue weighted by atomic mass is 16.6. The van der Waals surface area contributed by atoms with E-state index < -0.39 is 11.6 Å². The largest absolute Gasteiger partial charge is 0.458 e. The minimum Gasteiger partial charge on any atom is -0.458 e. The maximum atomic E-state index is 12.8. The Balaban J connectivity index is 1.89. The van der Waals surface area contributed by atoms with Gasteiger partial charge in [0.15, 0.2) is 0 Å². The lowest BCUT2D eigenvalue weighted by molar-refractivity contribution is -0.159. The number of ether oxygens (including phenoxy) is 1. The van der Waals surface area contributed by atoms with Gasteiger partial charge in [-0.1, -0.05) is 6.07 Å². The van der Waals surface area contributed by atoms with E-state index in [2.05, 4.69) is 10.1 Å². The molecule has 0 amide bonds. The first kappa shape index (κ1) is 17.4. The second kappa shape index (κ2) is 6.46. The molecule has 0 fully saturated rings. The molecule has 3 heterocycles. The van der Waals surface area contributed by atoms with Crippen LogP contribution < -0.4 is 5.69 Å². The maximum absolute atomic E-state index is 12.8. The summed E-state index contributed by atoms with van der Waals surface area (Å²) in [7, 11) is 0. The number of nitrogens with zero attached hydrogens (tertiary/aromatic N) is 4. The van der Waals surface area contributed by atoms with Crippen LogP contribution in [0.25, 0.3) is 0 Å².